The molecular weight excluding hydrogens is 245 g/mol. The largest absolute Gasteiger partial charge is 0.505 e. The molecule has 1 aliphatic carbocycles. The number of aliphatic hydroxyl groups excluding tert-OH is 1. The first kappa shape index (κ1) is 14.3. The number of nitrogens with one attached hydrogen (secondary N) is 1. The summed E-state index contributed by atoms with van der Waals surface area (Å²) >= 11 is 0. The fourth-order valence-corrected chi connectivity index (χ4v) is 2.82. The molecular formula is C15H22FNO2. The van der Waals surface area contributed by atoms with E-state index in [4.69, 9.17) is 5.11 Å². The maximum Gasteiger partial charge on any atom is 0.165 e. The van der Waals surface area contributed by atoms with Gasteiger partial charge in [0.2, 0.25) is 0 Å². The standard InChI is InChI=1S/C15H22FNO2/c16-13-8-12(4-5-14(13)19)9-17-10-15(11-18)6-2-1-3-7-15/h4-5,8,17-19H,1-3,6-7,9-11H2. The van der Waals surface area contributed by atoms with E-state index in [0.29, 0.717) is 6.54 Å². The summed E-state index contributed by atoms with van der Waals surface area (Å²) in [6, 6.07) is 4.42. The smallest absolute Gasteiger partial charge is 0.165 e. The highest BCUT2D eigenvalue weighted by Gasteiger charge is 2.30. The zero-order chi connectivity index (χ0) is 13.7. The zero-order valence-corrected chi connectivity index (χ0v) is 11.2. The maximum atomic E-state index is 13.2. The van der Waals surface area contributed by atoms with Gasteiger partial charge in [-0.2, -0.15) is 0 Å². The first-order valence-electron chi connectivity index (χ1n) is 6.94. The van der Waals surface area contributed by atoms with Gasteiger partial charge in [0, 0.05) is 25.1 Å². The van der Waals surface area contributed by atoms with Gasteiger partial charge in [-0.15, -0.1) is 0 Å². The third kappa shape index (κ3) is 3.67. The van der Waals surface area contributed by atoms with Crippen LogP contribution < -0.4 is 5.32 Å². The van der Waals surface area contributed by atoms with Crippen LogP contribution in [0.15, 0.2) is 18.2 Å². The monoisotopic (exact) mass is 267 g/mol. The molecule has 0 atom stereocenters. The van der Waals surface area contributed by atoms with E-state index < -0.39 is 5.82 Å². The van der Waals surface area contributed by atoms with Gasteiger partial charge in [0.1, 0.15) is 0 Å². The van der Waals surface area contributed by atoms with E-state index in [9.17, 15) is 9.50 Å². The number of phenolic OH excluding ortho intramolecular Hbond substituents is 1. The lowest BCUT2D eigenvalue weighted by molar-refractivity contribution is 0.0810. The minimum Gasteiger partial charge on any atom is -0.505 e. The molecule has 0 radical (unpaired) electrons. The second kappa shape index (κ2) is 6.35. The van der Waals surface area contributed by atoms with E-state index in [2.05, 4.69) is 5.32 Å². The molecule has 0 bridgehead atoms. The summed E-state index contributed by atoms with van der Waals surface area (Å²) in [5, 5.41) is 22.0. The minimum absolute atomic E-state index is 0.00624. The van der Waals surface area contributed by atoms with Gasteiger partial charge in [-0.3, -0.25) is 0 Å². The third-order valence-corrected chi connectivity index (χ3v) is 4.09. The number of halogens is 1. The molecule has 2 rings (SSSR count). The summed E-state index contributed by atoms with van der Waals surface area (Å²) in [6.45, 7) is 1.52. The van der Waals surface area contributed by atoms with Gasteiger partial charge in [-0.1, -0.05) is 25.3 Å². The van der Waals surface area contributed by atoms with Crippen LogP contribution in [-0.4, -0.2) is 23.4 Å². The summed E-state index contributed by atoms with van der Waals surface area (Å²) < 4.78 is 13.2. The highest BCUT2D eigenvalue weighted by atomic mass is 19.1. The lowest BCUT2D eigenvalue weighted by Crippen LogP contribution is -2.38. The van der Waals surface area contributed by atoms with Crippen molar-refractivity contribution in [1.82, 2.24) is 5.32 Å². The highest BCUT2D eigenvalue weighted by molar-refractivity contribution is 5.27. The zero-order valence-electron chi connectivity index (χ0n) is 11.2. The van der Waals surface area contributed by atoms with Crippen LogP contribution in [0.25, 0.3) is 0 Å². The number of aromatic hydroxyl groups is 1. The maximum absolute atomic E-state index is 13.2. The molecule has 0 spiro atoms. The Morgan fingerprint density at radius 2 is 1.95 bits per heavy atom. The SMILES string of the molecule is OCC1(CNCc2ccc(O)c(F)c2)CCCCC1. The van der Waals surface area contributed by atoms with Crippen molar-refractivity contribution in [2.75, 3.05) is 13.2 Å². The lowest BCUT2D eigenvalue weighted by atomic mass is 9.74. The Morgan fingerprint density at radius 1 is 1.21 bits per heavy atom. The third-order valence-electron chi connectivity index (χ3n) is 4.09. The van der Waals surface area contributed by atoms with Gasteiger partial charge < -0.3 is 15.5 Å². The van der Waals surface area contributed by atoms with Crippen molar-refractivity contribution < 1.29 is 14.6 Å². The number of aliphatic hydroxyl groups is 1. The minimum atomic E-state index is -0.589. The van der Waals surface area contributed by atoms with Crippen molar-refractivity contribution in [3.8, 4) is 5.75 Å². The fourth-order valence-electron chi connectivity index (χ4n) is 2.82. The first-order valence-corrected chi connectivity index (χ1v) is 6.94. The van der Waals surface area contributed by atoms with Gasteiger partial charge >= 0.3 is 0 Å². The van der Waals surface area contributed by atoms with E-state index in [0.717, 1.165) is 24.9 Å². The second-order valence-corrected chi connectivity index (χ2v) is 5.61. The van der Waals surface area contributed by atoms with Crippen molar-refractivity contribution >= 4 is 0 Å². The molecule has 1 aliphatic rings. The number of phenols is 1. The molecule has 1 aromatic carbocycles. The van der Waals surface area contributed by atoms with Crippen molar-refractivity contribution in [3.05, 3.63) is 29.6 Å². The fraction of sp³-hybridized carbons (Fsp3) is 0.600. The van der Waals surface area contributed by atoms with E-state index in [1.165, 1.54) is 31.4 Å². The van der Waals surface area contributed by atoms with Crippen LogP contribution in [0, 0.1) is 11.2 Å². The van der Waals surface area contributed by atoms with Gasteiger partial charge in [0.15, 0.2) is 11.6 Å². The molecule has 0 aromatic heterocycles. The molecule has 4 heteroatoms. The second-order valence-electron chi connectivity index (χ2n) is 5.61. The summed E-state index contributed by atoms with van der Waals surface area (Å²) in [7, 11) is 0. The summed E-state index contributed by atoms with van der Waals surface area (Å²) in [4.78, 5) is 0. The van der Waals surface area contributed by atoms with Gasteiger partial charge in [-0.25, -0.2) is 4.39 Å². The molecule has 0 aliphatic heterocycles. The van der Waals surface area contributed by atoms with E-state index in [1.807, 2.05) is 0 Å². The first-order chi connectivity index (χ1) is 9.15. The van der Waals surface area contributed by atoms with Crippen LogP contribution in [0.3, 0.4) is 0 Å². The summed E-state index contributed by atoms with van der Waals surface area (Å²) in [6.07, 6.45) is 5.72. The highest BCUT2D eigenvalue weighted by Crippen LogP contribution is 2.35. The van der Waals surface area contributed by atoms with E-state index in [1.54, 1.807) is 6.07 Å². The number of hydrogen-bond acceptors (Lipinski definition) is 3. The lowest BCUT2D eigenvalue weighted by Gasteiger charge is -2.35. The van der Waals surface area contributed by atoms with Crippen LogP contribution in [-0.2, 0) is 6.54 Å². The van der Waals surface area contributed by atoms with Crippen LogP contribution in [0.5, 0.6) is 5.75 Å². The van der Waals surface area contributed by atoms with Crippen LogP contribution in [0.2, 0.25) is 0 Å². The molecule has 106 valence electrons. The normalized spacial score (nSPS) is 18.4. The Bertz CT molecular complexity index is 417. The molecule has 0 amide bonds. The van der Waals surface area contributed by atoms with Crippen molar-refractivity contribution in [2.24, 2.45) is 5.41 Å². The quantitative estimate of drug-likeness (QED) is 0.768. The Balaban J connectivity index is 1.86. The Hall–Kier alpha value is -1.13. The van der Waals surface area contributed by atoms with E-state index in [-0.39, 0.29) is 17.8 Å². The molecule has 1 aromatic rings. The Kier molecular flexibility index (Phi) is 4.77. The van der Waals surface area contributed by atoms with Crippen LogP contribution in [0.4, 0.5) is 4.39 Å². The van der Waals surface area contributed by atoms with Gasteiger partial charge in [-0.05, 0) is 30.5 Å². The molecule has 0 heterocycles. The number of rotatable bonds is 5. The average molecular weight is 267 g/mol. The van der Waals surface area contributed by atoms with Crippen molar-refractivity contribution in [3.63, 3.8) is 0 Å². The molecule has 0 unspecified atom stereocenters. The predicted octanol–water partition coefficient (Wildman–Crippen LogP) is 2.56. The average Bonchev–Trinajstić information content (AvgIpc) is 2.44. The van der Waals surface area contributed by atoms with Crippen molar-refractivity contribution in [2.45, 2.75) is 38.6 Å². The Labute approximate surface area is 113 Å². The molecule has 3 nitrogen and oxygen atoms in total. The summed E-state index contributed by atoms with van der Waals surface area (Å²) in [5.41, 5.74) is 0.799. The van der Waals surface area contributed by atoms with Crippen LogP contribution >= 0.6 is 0 Å². The van der Waals surface area contributed by atoms with Crippen molar-refractivity contribution in [1.29, 1.82) is 0 Å². The molecule has 1 fully saturated rings. The number of hydrogen-bond donors (Lipinski definition) is 3. The topological polar surface area (TPSA) is 52.5 Å². The molecule has 0 saturated heterocycles. The Morgan fingerprint density at radius 3 is 2.58 bits per heavy atom. The summed E-state index contributed by atoms with van der Waals surface area (Å²) in [5.74, 6) is -0.906. The number of benzene rings is 1. The van der Waals surface area contributed by atoms with Crippen LogP contribution in [0.1, 0.15) is 37.7 Å². The molecule has 3 N–H and O–H groups in total. The molecule has 19 heavy (non-hydrogen) atoms. The van der Waals surface area contributed by atoms with Gasteiger partial charge in [0.25, 0.3) is 0 Å². The molecule has 1 saturated carbocycles. The predicted molar refractivity (Wildman–Crippen MR) is 72.4 cm³/mol. The van der Waals surface area contributed by atoms with E-state index >= 15 is 0 Å². The van der Waals surface area contributed by atoms with Gasteiger partial charge in [0.05, 0.1) is 0 Å².